The maximum atomic E-state index is 5.48. The van der Waals surface area contributed by atoms with Crippen LogP contribution >= 0.6 is 0 Å². The second kappa shape index (κ2) is 4.73. The van der Waals surface area contributed by atoms with E-state index >= 15 is 0 Å². The van der Waals surface area contributed by atoms with Crippen molar-refractivity contribution in [1.29, 1.82) is 0 Å². The van der Waals surface area contributed by atoms with Crippen LogP contribution in [0.1, 0.15) is 19.8 Å². The number of rotatable bonds is 4. The van der Waals surface area contributed by atoms with Gasteiger partial charge in [0, 0.05) is 0 Å². The zero-order valence-electron chi connectivity index (χ0n) is 8.81. The number of hydrogen-bond acceptors (Lipinski definition) is 3. The van der Waals surface area contributed by atoms with E-state index in [0.29, 0.717) is 12.5 Å². The van der Waals surface area contributed by atoms with Crippen LogP contribution in [0.25, 0.3) is 11.0 Å². The molecule has 1 aromatic heterocycles. The first-order chi connectivity index (χ1) is 7.40. The minimum absolute atomic E-state index is 0.613. The Kier molecular flexibility index (Phi) is 3.12. The van der Waals surface area contributed by atoms with Crippen molar-refractivity contribution in [3.8, 4) is 5.88 Å². The van der Waals surface area contributed by atoms with Crippen molar-refractivity contribution in [3.63, 3.8) is 0 Å². The van der Waals surface area contributed by atoms with Gasteiger partial charge >= 0.3 is 0 Å². The molecule has 0 saturated heterocycles. The van der Waals surface area contributed by atoms with Crippen LogP contribution in [0.5, 0.6) is 5.88 Å². The summed E-state index contributed by atoms with van der Waals surface area (Å²) in [4.78, 5) is 8.63. The molecule has 0 atom stereocenters. The number of ether oxygens (including phenoxy) is 1. The molecule has 2 aromatic rings. The first-order valence-electron chi connectivity index (χ1n) is 5.24. The summed E-state index contributed by atoms with van der Waals surface area (Å²) in [7, 11) is 0. The third-order valence-electron chi connectivity index (χ3n) is 2.17. The molecule has 0 unspecified atom stereocenters. The topological polar surface area (TPSA) is 35.0 Å². The van der Waals surface area contributed by atoms with Crippen molar-refractivity contribution in [2.75, 3.05) is 6.61 Å². The second-order valence-electron chi connectivity index (χ2n) is 3.40. The number of aromatic nitrogens is 2. The molecular formula is C12H14N2O. The highest BCUT2D eigenvalue weighted by atomic mass is 16.5. The first-order valence-corrected chi connectivity index (χ1v) is 5.24. The molecule has 3 nitrogen and oxygen atoms in total. The van der Waals surface area contributed by atoms with Gasteiger partial charge in [-0.1, -0.05) is 25.5 Å². The molecule has 0 aliphatic rings. The van der Waals surface area contributed by atoms with Crippen LogP contribution in [0.2, 0.25) is 0 Å². The fourth-order valence-corrected chi connectivity index (χ4v) is 1.33. The summed E-state index contributed by atoms with van der Waals surface area (Å²) in [6.07, 6.45) is 3.85. The molecular weight excluding hydrogens is 188 g/mol. The van der Waals surface area contributed by atoms with Crippen LogP contribution in [0, 0.1) is 0 Å². The molecule has 1 heterocycles. The van der Waals surface area contributed by atoms with Crippen LogP contribution in [-0.2, 0) is 0 Å². The Labute approximate surface area is 89.1 Å². The third kappa shape index (κ3) is 2.43. The normalized spacial score (nSPS) is 10.5. The molecule has 0 bridgehead atoms. The smallest absolute Gasteiger partial charge is 0.232 e. The Hall–Kier alpha value is -1.64. The number of fused-ring (bicyclic) bond motifs is 1. The number of benzene rings is 1. The zero-order valence-corrected chi connectivity index (χ0v) is 8.81. The number of unbranched alkanes of at least 4 members (excludes halogenated alkanes) is 1. The van der Waals surface area contributed by atoms with Crippen LogP contribution in [0.15, 0.2) is 30.5 Å². The van der Waals surface area contributed by atoms with Gasteiger partial charge < -0.3 is 4.74 Å². The predicted molar refractivity (Wildman–Crippen MR) is 59.9 cm³/mol. The van der Waals surface area contributed by atoms with Crippen molar-refractivity contribution in [2.45, 2.75) is 19.8 Å². The van der Waals surface area contributed by atoms with Gasteiger partial charge in [0.1, 0.15) is 0 Å². The number of nitrogens with zero attached hydrogens (tertiary/aromatic N) is 2. The molecule has 0 aliphatic carbocycles. The van der Waals surface area contributed by atoms with E-state index in [1.807, 2.05) is 24.3 Å². The van der Waals surface area contributed by atoms with Crippen LogP contribution in [0.4, 0.5) is 0 Å². The van der Waals surface area contributed by atoms with Gasteiger partial charge in [-0.2, -0.15) is 0 Å². The zero-order chi connectivity index (χ0) is 10.5. The molecule has 3 heteroatoms. The largest absolute Gasteiger partial charge is 0.477 e. The molecule has 0 saturated carbocycles. The van der Waals surface area contributed by atoms with E-state index in [1.54, 1.807) is 6.20 Å². The minimum Gasteiger partial charge on any atom is -0.477 e. The lowest BCUT2D eigenvalue weighted by Gasteiger charge is -2.04. The van der Waals surface area contributed by atoms with E-state index in [4.69, 9.17) is 4.74 Å². The molecule has 1 aromatic carbocycles. The SMILES string of the molecule is CCCCOc1cnc2ccccc2n1. The molecule has 0 radical (unpaired) electrons. The van der Waals surface area contributed by atoms with Crippen LogP contribution in [-0.4, -0.2) is 16.6 Å². The summed E-state index contributed by atoms with van der Waals surface area (Å²) in [5, 5.41) is 0. The van der Waals surface area contributed by atoms with E-state index in [9.17, 15) is 0 Å². The lowest BCUT2D eigenvalue weighted by molar-refractivity contribution is 0.297. The second-order valence-corrected chi connectivity index (χ2v) is 3.40. The fraction of sp³-hybridized carbons (Fsp3) is 0.333. The van der Waals surface area contributed by atoms with E-state index < -0.39 is 0 Å². The highest BCUT2D eigenvalue weighted by Gasteiger charge is 1.98. The summed E-state index contributed by atoms with van der Waals surface area (Å²) < 4.78 is 5.48. The summed E-state index contributed by atoms with van der Waals surface area (Å²) in [5.41, 5.74) is 1.78. The molecule has 0 spiro atoms. The Balaban J connectivity index is 2.16. The van der Waals surface area contributed by atoms with Gasteiger partial charge in [-0.25, -0.2) is 9.97 Å². The maximum Gasteiger partial charge on any atom is 0.232 e. The third-order valence-corrected chi connectivity index (χ3v) is 2.17. The summed E-state index contributed by atoms with van der Waals surface area (Å²) >= 11 is 0. The monoisotopic (exact) mass is 202 g/mol. The van der Waals surface area contributed by atoms with Crippen molar-refractivity contribution in [2.24, 2.45) is 0 Å². The van der Waals surface area contributed by atoms with Crippen molar-refractivity contribution >= 4 is 11.0 Å². The minimum atomic E-state index is 0.613. The highest BCUT2D eigenvalue weighted by molar-refractivity contribution is 5.73. The highest BCUT2D eigenvalue weighted by Crippen LogP contribution is 2.12. The summed E-state index contributed by atoms with van der Waals surface area (Å²) in [6, 6.07) is 7.79. The Bertz CT molecular complexity index is 442. The van der Waals surface area contributed by atoms with Gasteiger partial charge in [-0.05, 0) is 18.6 Å². The van der Waals surface area contributed by atoms with Crippen LogP contribution < -0.4 is 4.74 Å². The number of para-hydroxylation sites is 2. The lowest BCUT2D eigenvalue weighted by Crippen LogP contribution is -1.99. The molecule has 0 aliphatic heterocycles. The standard InChI is InChI=1S/C12H14N2O/c1-2-3-8-15-12-9-13-10-6-4-5-7-11(10)14-12/h4-7,9H,2-3,8H2,1H3. The lowest BCUT2D eigenvalue weighted by atomic mass is 10.3. The Morgan fingerprint density at radius 3 is 2.80 bits per heavy atom. The molecule has 0 fully saturated rings. The molecule has 78 valence electrons. The van der Waals surface area contributed by atoms with E-state index in [-0.39, 0.29) is 0 Å². The Morgan fingerprint density at radius 2 is 2.00 bits per heavy atom. The van der Waals surface area contributed by atoms with E-state index in [1.165, 1.54) is 0 Å². The van der Waals surface area contributed by atoms with Gasteiger partial charge in [-0.3, -0.25) is 0 Å². The van der Waals surface area contributed by atoms with E-state index in [0.717, 1.165) is 23.9 Å². The molecule has 2 rings (SSSR count). The quantitative estimate of drug-likeness (QED) is 0.715. The van der Waals surface area contributed by atoms with Crippen molar-refractivity contribution in [3.05, 3.63) is 30.5 Å². The van der Waals surface area contributed by atoms with Gasteiger partial charge in [0.05, 0.1) is 23.8 Å². The average molecular weight is 202 g/mol. The molecule has 15 heavy (non-hydrogen) atoms. The van der Waals surface area contributed by atoms with Gasteiger partial charge in [0.25, 0.3) is 0 Å². The molecule has 0 amide bonds. The summed E-state index contributed by atoms with van der Waals surface area (Å²) in [5.74, 6) is 0.613. The van der Waals surface area contributed by atoms with E-state index in [2.05, 4.69) is 16.9 Å². The molecule has 0 N–H and O–H groups in total. The maximum absolute atomic E-state index is 5.48. The Morgan fingerprint density at radius 1 is 1.20 bits per heavy atom. The average Bonchev–Trinajstić information content (AvgIpc) is 2.29. The van der Waals surface area contributed by atoms with Crippen molar-refractivity contribution < 1.29 is 4.74 Å². The van der Waals surface area contributed by atoms with Crippen molar-refractivity contribution in [1.82, 2.24) is 9.97 Å². The number of hydrogen-bond donors (Lipinski definition) is 0. The van der Waals surface area contributed by atoms with Crippen LogP contribution in [0.3, 0.4) is 0 Å². The van der Waals surface area contributed by atoms with Gasteiger partial charge in [0.15, 0.2) is 0 Å². The fourth-order valence-electron chi connectivity index (χ4n) is 1.33. The predicted octanol–water partition coefficient (Wildman–Crippen LogP) is 2.81. The first kappa shape index (κ1) is 9.90. The van der Waals surface area contributed by atoms with Gasteiger partial charge in [0.2, 0.25) is 5.88 Å². The summed E-state index contributed by atoms with van der Waals surface area (Å²) in [6.45, 7) is 2.85. The van der Waals surface area contributed by atoms with Gasteiger partial charge in [-0.15, -0.1) is 0 Å².